The fourth-order valence-electron chi connectivity index (χ4n) is 3.22. The van der Waals surface area contributed by atoms with Crippen LogP contribution in [0, 0.1) is 5.92 Å². The lowest BCUT2D eigenvalue weighted by molar-refractivity contribution is -0.134. The highest BCUT2D eigenvalue weighted by atomic mass is 16.5. The van der Waals surface area contributed by atoms with Gasteiger partial charge in [0.15, 0.2) is 0 Å². The Morgan fingerprint density at radius 2 is 2.00 bits per heavy atom. The second-order valence-electron chi connectivity index (χ2n) is 6.65. The predicted octanol–water partition coefficient (Wildman–Crippen LogP) is 3.16. The molecule has 124 valence electrons. The van der Waals surface area contributed by atoms with Crippen molar-refractivity contribution in [2.75, 3.05) is 13.7 Å². The summed E-state index contributed by atoms with van der Waals surface area (Å²) in [6.45, 7) is 9.41. The number of unbranched alkanes of at least 4 members (excludes halogenated alkanes) is 1. The molecule has 4 nitrogen and oxygen atoms in total. The molecule has 0 spiro atoms. The Balaban J connectivity index is 2.83. The van der Waals surface area contributed by atoms with Crippen LogP contribution < -0.4 is 5.32 Å². The van der Waals surface area contributed by atoms with E-state index in [4.69, 9.17) is 4.74 Å². The van der Waals surface area contributed by atoms with Crippen LogP contribution in [-0.2, 0) is 9.53 Å². The largest absolute Gasteiger partial charge is 0.383 e. The minimum absolute atomic E-state index is 0.00455. The van der Waals surface area contributed by atoms with E-state index < -0.39 is 0 Å². The fourth-order valence-corrected chi connectivity index (χ4v) is 3.22. The summed E-state index contributed by atoms with van der Waals surface area (Å²) >= 11 is 0. The summed E-state index contributed by atoms with van der Waals surface area (Å²) < 4.78 is 5.37. The van der Waals surface area contributed by atoms with E-state index in [0.717, 1.165) is 38.5 Å². The molecule has 0 radical (unpaired) electrons. The number of methoxy groups -OCH3 is 1. The van der Waals surface area contributed by atoms with Crippen LogP contribution >= 0.6 is 0 Å². The molecule has 0 aromatic carbocycles. The number of carbonyl (C=O) groups excluding carboxylic acids is 1. The van der Waals surface area contributed by atoms with E-state index in [9.17, 15) is 4.79 Å². The van der Waals surface area contributed by atoms with Gasteiger partial charge in [-0.05, 0) is 25.2 Å². The Labute approximate surface area is 130 Å². The third kappa shape index (κ3) is 5.26. The van der Waals surface area contributed by atoms with Crippen molar-refractivity contribution in [1.82, 2.24) is 10.2 Å². The van der Waals surface area contributed by atoms with Gasteiger partial charge in [-0.3, -0.25) is 10.1 Å². The lowest BCUT2D eigenvalue weighted by Gasteiger charge is -2.33. The first-order chi connectivity index (χ1) is 10.0. The average Bonchev–Trinajstić information content (AvgIpc) is 2.71. The number of nitrogens with zero attached hydrogens (tertiary/aromatic N) is 1. The maximum absolute atomic E-state index is 12.8. The van der Waals surface area contributed by atoms with Crippen LogP contribution in [0.3, 0.4) is 0 Å². The van der Waals surface area contributed by atoms with Gasteiger partial charge in [0.25, 0.3) is 0 Å². The number of hydrogen-bond donors (Lipinski definition) is 1. The zero-order valence-corrected chi connectivity index (χ0v) is 14.5. The monoisotopic (exact) mass is 298 g/mol. The van der Waals surface area contributed by atoms with E-state index >= 15 is 0 Å². The molecule has 1 heterocycles. The summed E-state index contributed by atoms with van der Waals surface area (Å²) in [6, 6.07) is 0.209. The first-order valence-corrected chi connectivity index (χ1v) is 8.62. The second-order valence-corrected chi connectivity index (χ2v) is 6.65. The Bertz CT molecular complexity index is 301. The molecule has 0 aromatic rings. The number of hydrogen-bond acceptors (Lipinski definition) is 3. The van der Waals surface area contributed by atoms with Crippen molar-refractivity contribution >= 4 is 5.91 Å². The molecular weight excluding hydrogens is 264 g/mol. The first-order valence-electron chi connectivity index (χ1n) is 8.62. The number of rotatable bonds is 10. The fraction of sp³-hybridized carbons (Fsp3) is 0.941. The van der Waals surface area contributed by atoms with E-state index in [1.807, 2.05) is 0 Å². The van der Waals surface area contributed by atoms with Crippen LogP contribution in [0.15, 0.2) is 0 Å². The minimum Gasteiger partial charge on any atom is -0.383 e. The molecule has 3 atom stereocenters. The lowest BCUT2D eigenvalue weighted by Crippen LogP contribution is -2.47. The van der Waals surface area contributed by atoms with E-state index in [1.165, 1.54) is 0 Å². The van der Waals surface area contributed by atoms with Gasteiger partial charge in [-0.15, -0.1) is 0 Å². The third-order valence-electron chi connectivity index (χ3n) is 4.20. The minimum atomic E-state index is 0.00455. The summed E-state index contributed by atoms with van der Waals surface area (Å²) in [7, 11) is 1.72. The summed E-state index contributed by atoms with van der Waals surface area (Å²) in [5, 5.41) is 3.58. The highest BCUT2D eigenvalue weighted by Gasteiger charge is 2.41. The molecular formula is C17H34N2O2. The zero-order chi connectivity index (χ0) is 15.8. The van der Waals surface area contributed by atoms with Gasteiger partial charge in [0, 0.05) is 7.11 Å². The van der Waals surface area contributed by atoms with Gasteiger partial charge in [0.05, 0.1) is 24.9 Å². The molecule has 1 rings (SSSR count). The van der Waals surface area contributed by atoms with Crippen LogP contribution in [0.2, 0.25) is 0 Å². The highest BCUT2D eigenvalue weighted by Crippen LogP contribution is 2.24. The highest BCUT2D eigenvalue weighted by molar-refractivity contribution is 5.84. The molecule has 0 bridgehead atoms. The van der Waals surface area contributed by atoms with E-state index in [1.54, 1.807) is 7.11 Å². The summed E-state index contributed by atoms with van der Waals surface area (Å²) in [5.74, 6) is 0.858. The van der Waals surface area contributed by atoms with Crippen molar-refractivity contribution in [3.8, 4) is 0 Å². The zero-order valence-electron chi connectivity index (χ0n) is 14.5. The van der Waals surface area contributed by atoms with Crippen LogP contribution in [0.5, 0.6) is 0 Å². The van der Waals surface area contributed by atoms with E-state index in [2.05, 4.69) is 37.9 Å². The molecule has 1 aliphatic rings. The van der Waals surface area contributed by atoms with Crippen LogP contribution in [0.25, 0.3) is 0 Å². The number of carbonyl (C=O) groups is 1. The van der Waals surface area contributed by atoms with Crippen LogP contribution in [0.1, 0.15) is 66.2 Å². The SMILES string of the molecule is CCCCC1NC(CC(C)C)N(C(CCC)COC)C1=O. The molecule has 0 aliphatic carbocycles. The molecule has 4 heteroatoms. The van der Waals surface area contributed by atoms with E-state index in [-0.39, 0.29) is 24.2 Å². The van der Waals surface area contributed by atoms with Crippen molar-refractivity contribution in [2.45, 2.75) is 84.5 Å². The van der Waals surface area contributed by atoms with Crippen molar-refractivity contribution in [3.63, 3.8) is 0 Å². The predicted molar refractivity (Wildman–Crippen MR) is 87.1 cm³/mol. The molecule has 1 saturated heterocycles. The van der Waals surface area contributed by atoms with Crippen LogP contribution in [0.4, 0.5) is 0 Å². The standard InChI is InChI=1S/C17H34N2O2/c1-6-8-10-15-17(20)19(14(9-7-2)12-21-5)16(18-15)11-13(3)4/h13-16,18H,6-12H2,1-5H3. The molecule has 0 saturated carbocycles. The van der Waals surface area contributed by atoms with Gasteiger partial charge in [-0.1, -0.05) is 47.0 Å². The Kier molecular flexibility index (Phi) is 8.27. The maximum Gasteiger partial charge on any atom is 0.241 e. The maximum atomic E-state index is 12.8. The third-order valence-corrected chi connectivity index (χ3v) is 4.20. The molecule has 21 heavy (non-hydrogen) atoms. The van der Waals surface area contributed by atoms with Gasteiger partial charge in [-0.25, -0.2) is 0 Å². The molecule has 0 aromatic heterocycles. The van der Waals surface area contributed by atoms with Gasteiger partial charge < -0.3 is 9.64 Å². The Hall–Kier alpha value is -0.610. The lowest BCUT2D eigenvalue weighted by atomic mass is 10.1. The van der Waals surface area contributed by atoms with Crippen LogP contribution in [-0.4, -0.2) is 42.8 Å². The topological polar surface area (TPSA) is 41.6 Å². The normalized spacial score (nSPS) is 24.1. The van der Waals surface area contributed by atoms with Crippen molar-refractivity contribution in [1.29, 1.82) is 0 Å². The van der Waals surface area contributed by atoms with E-state index in [0.29, 0.717) is 12.5 Å². The second kappa shape index (κ2) is 9.42. The Morgan fingerprint density at radius 1 is 1.29 bits per heavy atom. The molecule has 1 fully saturated rings. The summed E-state index contributed by atoms with van der Waals surface area (Å²) in [4.78, 5) is 14.9. The van der Waals surface area contributed by atoms with Crippen molar-refractivity contribution in [2.24, 2.45) is 5.92 Å². The van der Waals surface area contributed by atoms with Gasteiger partial charge in [0.2, 0.25) is 5.91 Å². The quantitative estimate of drug-likeness (QED) is 0.673. The molecule has 1 aliphatic heterocycles. The summed E-state index contributed by atoms with van der Waals surface area (Å²) in [5.41, 5.74) is 0. The molecule has 3 unspecified atom stereocenters. The van der Waals surface area contributed by atoms with Gasteiger partial charge >= 0.3 is 0 Å². The number of ether oxygens (including phenoxy) is 1. The van der Waals surface area contributed by atoms with Crippen molar-refractivity contribution < 1.29 is 9.53 Å². The smallest absolute Gasteiger partial charge is 0.241 e. The summed E-state index contributed by atoms with van der Waals surface area (Å²) in [6.07, 6.45) is 6.46. The number of amides is 1. The van der Waals surface area contributed by atoms with Crippen molar-refractivity contribution in [3.05, 3.63) is 0 Å². The van der Waals surface area contributed by atoms with Gasteiger partial charge in [-0.2, -0.15) is 0 Å². The average molecular weight is 298 g/mol. The van der Waals surface area contributed by atoms with Gasteiger partial charge in [0.1, 0.15) is 0 Å². The number of nitrogens with one attached hydrogen (secondary N) is 1. The molecule has 1 amide bonds. The first kappa shape index (κ1) is 18.4. The Morgan fingerprint density at radius 3 is 2.52 bits per heavy atom. The molecule has 1 N–H and O–H groups in total.